The second-order valence-corrected chi connectivity index (χ2v) is 3.71. The molecule has 0 aliphatic carbocycles. The third-order valence-electron chi connectivity index (χ3n) is 1.96. The van der Waals surface area contributed by atoms with E-state index in [1.165, 1.54) is 7.11 Å². The third kappa shape index (κ3) is 1.97. The molecule has 0 aromatic carbocycles. The van der Waals surface area contributed by atoms with Crippen molar-refractivity contribution in [3.05, 3.63) is 22.8 Å². The molecule has 1 aromatic rings. The number of hydrogen-bond donors (Lipinski definition) is 1. The van der Waals surface area contributed by atoms with Crippen LogP contribution < -0.4 is 10.6 Å². The topological polar surface area (TPSA) is 57.4 Å². The number of halogens is 1. The van der Waals surface area contributed by atoms with Gasteiger partial charge in [0.1, 0.15) is 5.60 Å². The number of rotatable bonds is 3. The predicted octanol–water partition coefficient (Wildman–Crippen LogP) is 1.87. The van der Waals surface area contributed by atoms with Crippen LogP contribution in [0.1, 0.15) is 19.4 Å². The van der Waals surface area contributed by atoms with Gasteiger partial charge in [-0.1, -0.05) is 11.6 Å². The predicted molar refractivity (Wildman–Crippen MR) is 54.1 cm³/mol. The molecule has 0 saturated carbocycles. The number of aromatic nitrogens is 1. The molecule has 14 heavy (non-hydrogen) atoms. The normalized spacial score (nSPS) is 11.5. The number of nitrogens with zero attached hydrogens (tertiary/aromatic N) is 1. The average molecular weight is 217 g/mol. The molecular weight excluding hydrogens is 204 g/mol. The van der Waals surface area contributed by atoms with E-state index in [2.05, 4.69) is 4.98 Å². The molecule has 4 nitrogen and oxygen atoms in total. The van der Waals surface area contributed by atoms with Crippen LogP contribution in [-0.4, -0.2) is 12.1 Å². The molecule has 0 atom stereocenters. The molecule has 0 amide bonds. The molecule has 1 rings (SSSR count). The summed E-state index contributed by atoms with van der Waals surface area (Å²) in [6, 6.07) is 1.67. The molecule has 1 aromatic heterocycles. The second kappa shape index (κ2) is 4.13. The van der Waals surface area contributed by atoms with Gasteiger partial charge in [0, 0.05) is 6.20 Å². The monoisotopic (exact) mass is 216 g/mol. The van der Waals surface area contributed by atoms with Crippen LogP contribution in [0.25, 0.3) is 0 Å². The van der Waals surface area contributed by atoms with Crippen LogP contribution in [0.5, 0.6) is 5.88 Å². The van der Waals surface area contributed by atoms with E-state index >= 15 is 0 Å². The van der Waals surface area contributed by atoms with Crippen molar-refractivity contribution in [1.82, 2.24) is 4.98 Å². The summed E-state index contributed by atoms with van der Waals surface area (Å²) in [7, 11) is 1.52. The number of pyridine rings is 1. The minimum atomic E-state index is -0.726. The minimum Gasteiger partial charge on any atom is -0.481 e. The van der Waals surface area contributed by atoms with Crippen LogP contribution >= 0.6 is 11.6 Å². The lowest BCUT2D eigenvalue weighted by molar-refractivity contribution is -0.0253. The first-order valence-electron chi connectivity index (χ1n) is 4.09. The summed E-state index contributed by atoms with van der Waals surface area (Å²) in [5, 5.41) is 0.521. The van der Waals surface area contributed by atoms with Crippen molar-refractivity contribution in [2.75, 3.05) is 7.11 Å². The standard InChI is InChI=1S/C9H13ClN2O2/c1-9(2,14-11)7-6(10)4-5-12-8(7)13-3/h4-5H,11H2,1-3H3. The fraction of sp³-hybridized carbons (Fsp3) is 0.444. The van der Waals surface area contributed by atoms with E-state index in [4.69, 9.17) is 27.1 Å². The number of ether oxygens (including phenoxy) is 1. The van der Waals surface area contributed by atoms with E-state index < -0.39 is 5.60 Å². The Balaban J connectivity index is 3.30. The van der Waals surface area contributed by atoms with Gasteiger partial charge in [0.2, 0.25) is 5.88 Å². The second-order valence-electron chi connectivity index (χ2n) is 3.31. The quantitative estimate of drug-likeness (QED) is 0.784. The fourth-order valence-electron chi connectivity index (χ4n) is 1.18. The molecule has 1 heterocycles. The van der Waals surface area contributed by atoms with Gasteiger partial charge < -0.3 is 4.74 Å². The molecule has 78 valence electrons. The van der Waals surface area contributed by atoms with Gasteiger partial charge in [-0.2, -0.15) is 0 Å². The van der Waals surface area contributed by atoms with Gasteiger partial charge in [-0.25, -0.2) is 10.9 Å². The van der Waals surface area contributed by atoms with Gasteiger partial charge in [0.15, 0.2) is 0 Å². The number of hydrogen-bond acceptors (Lipinski definition) is 4. The van der Waals surface area contributed by atoms with Crippen LogP contribution in [0.2, 0.25) is 5.02 Å². The number of methoxy groups -OCH3 is 1. The minimum absolute atomic E-state index is 0.424. The maximum atomic E-state index is 6.02. The van der Waals surface area contributed by atoms with E-state index in [1.807, 2.05) is 0 Å². The summed E-state index contributed by atoms with van der Waals surface area (Å²) in [5.74, 6) is 5.61. The van der Waals surface area contributed by atoms with Crippen molar-refractivity contribution in [3.8, 4) is 5.88 Å². The van der Waals surface area contributed by atoms with Crippen LogP contribution in [-0.2, 0) is 10.4 Å². The van der Waals surface area contributed by atoms with E-state index in [0.29, 0.717) is 16.5 Å². The van der Waals surface area contributed by atoms with Crippen LogP contribution in [0, 0.1) is 0 Å². The Hall–Kier alpha value is -0.840. The van der Waals surface area contributed by atoms with Gasteiger partial charge >= 0.3 is 0 Å². The average Bonchev–Trinajstić information content (AvgIpc) is 2.17. The summed E-state index contributed by atoms with van der Waals surface area (Å²) < 4.78 is 5.08. The first-order valence-corrected chi connectivity index (χ1v) is 4.47. The third-order valence-corrected chi connectivity index (χ3v) is 2.27. The van der Waals surface area contributed by atoms with Gasteiger partial charge in [-0.05, 0) is 19.9 Å². The maximum Gasteiger partial charge on any atom is 0.220 e. The van der Waals surface area contributed by atoms with Gasteiger partial charge in [-0.15, -0.1) is 0 Å². The van der Waals surface area contributed by atoms with Gasteiger partial charge in [-0.3, -0.25) is 4.84 Å². The lowest BCUT2D eigenvalue weighted by Crippen LogP contribution is -2.26. The smallest absolute Gasteiger partial charge is 0.220 e. The molecule has 0 aliphatic heterocycles. The Bertz CT molecular complexity index is 329. The largest absolute Gasteiger partial charge is 0.481 e. The lowest BCUT2D eigenvalue weighted by atomic mass is 9.99. The Labute approximate surface area is 87.9 Å². The zero-order valence-electron chi connectivity index (χ0n) is 8.37. The van der Waals surface area contributed by atoms with E-state index in [1.54, 1.807) is 26.1 Å². The summed E-state index contributed by atoms with van der Waals surface area (Å²) >= 11 is 6.02. The summed E-state index contributed by atoms with van der Waals surface area (Å²) in [6.45, 7) is 3.58. The van der Waals surface area contributed by atoms with Crippen molar-refractivity contribution in [1.29, 1.82) is 0 Å². The Kier molecular flexibility index (Phi) is 3.31. The van der Waals surface area contributed by atoms with Crippen molar-refractivity contribution in [3.63, 3.8) is 0 Å². The maximum absolute atomic E-state index is 6.02. The van der Waals surface area contributed by atoms with Gasteiger partial charge in [0.05, 0.1) is 17.7 Å². The van der Waals surface area contributed by atoms with Gasteiger partial charge in [0.25, 0.3) is 0 Å². The SMILES string of the molecule is COc1nccc(Cl)c1C(C)(C)ON. The molecule has 0 spiro atoms. The van der Waals surface area contributed by atoms with Crippen LogP contribution in [0.15, 0.2) is 12.3 Å². The molecule has 0 fully saturated rings. The highest BCUT2D eigenvalue weighted by atomic mass is 35.5. The molecule has 0 saturated heterocycles. The molecule has 0 unspecified atom stereocenters. The highest BCUT2D eigenvalue weighted by Gasteiger charge is 2.28. The summed E-state index contributed by atoms with van der Waals surface area (Å²) in [4.78, 5) is 8.87. The molecular formula is C9H13ClN2O2. The summed E-state index contributed by atoms with van der Waals surface area (Å²) in [5.41, 5.74) is -0.0804. The van der Waals surface area contributed by atoms with E-state index in [0.717, 1.165) is 0 Å². The molecule has 5 heteroatoms. The summed E-state index contributed by atoms with van der Waals surface area (Å²) in [6.07, 6.45) is 1.57. The Morgan fingerprint density at radius 1 is 1.50 bits per heavy atom. The first-order chi connectivity index (χ1) is 6.53. The highest BCUT2D eigenvalue weighted by molar-refractivity contribution is 6.31. The van der Waals surface area contributed by atoms with Crippen molar-refractivity contribution in [2.24, 2.45) is 5.90 Å². The molecule has 0 bridgehead atoms. The Morgan fingerprint density at radius 3 is 2.64 bits per heavy atom. The lowest BCUT2D eigenvalue weighted by Gasteiger charge is -2.24. The molecule has 2 N–H and O–H groups in total. The van der Waals surface area contributed by atoms with Crippen molar-refractivity contribution >= 4 is 11.6 Å². The van der Waals surface area contributed by atoms with Crippen molar-refractivity contribution in [2.45, 2.75) is 19.4 Å². The molecule has 0 aliphatic rings. The van der Waals surface area contributed by atoms with E-state index in [9.17, 15) is 0 Å². The Morgan fingerprint density at radius 2 is 2.14 bits per heavy atom. The fourth-order valence-corrected chi connectivity index (χ4v) is 1.54. The van der Waals surface area contributed by atoms with Crippen LogP contribution in [0.4, 0.5) is 0 Å². The first kappa shape index (κ1) is 11.2. The van der Waals surface area contributed by atoms with Crippen molar-refractivity contribution < 1.29 is 9.57 Å². The highest BCUT2D eigenvalue weighted by Crippen LogP contribution is 2.35. The zero-order valence-corrected chi connectivity index (χ0v) is 9.13. The number of nitrogens with two attached hydrogens (primary N) is 1. The molecule has 0 radical (unpaired) electrons. The zero-order chi connectivity index (χ0) is 10.8. The van der Waals surface area contributed by atoms with Crippen LogP contribution in [0.3, 0.4) is 0 Å². The van der Waals surface area contributed by atoms with E-state index in [-0.39, 0.29) is 0 Å².